The minimum absolute atomic E-state index is 0.578. The summed E-state index contributed by atoms with van der Waals surface area (Å²) in [5.74, 6) is 1.60. The molecule has 0 spiro atoms. The van der Waals surface area contributed by atoms with Crippen molar-refractivity contribution in [2.75, 3.05) is 13.2 Å². The Morgan fingerprint density at radius 2 is 1.26 bits per heavy atom. The Hall–Kier alpha value is -3.33. The summed E-state index contributed by atoms with van der Waals surface area (Å²) in [5, 5.41) is 2.23. The van der Waals surface area contributed by atoms with Crippen LogP contribution in [0, 0.1) is 6.92 Å². The first kappa shape index (κ1) is 15.9. The van der Waals surface area contributed by atoms with Gasteiger partial charge in [-0.05, 0) is 30.0 Å². The SMILES string of the molecule is Cc1nc(-c2ccccc2)c(-c2ccccc2)c2cc3c(cc12)OCCO3. The van der Waals surface area contributed by atoms with Crippen molar-refractivity contribution in [3.8, 4) is 33.9 Å². The van der Waals surface area contributed by atoms with Crippen molar-refractivity contribution in [3.05, 3.63) is 78.5 Å². The van der Waals surface area contributed by atoms with E-state index in [0.717, 1.165) is 50.3 Å². The Morgan fingerprint density at radius 3 is 1.89 bits per heavy atom. The molecule has 0 bridgehead atoms. The zero-order chi connectivity index (χ0) is 18.2. The molecule has 4 aromatic rings. The van der Waals surface area contributed by atoms with Crippen molar-refractivity contribution in [2.45, 2.75) is 6.92 Å². The van der Waals surface area contributed by atoms with Gasteiger partial charge in [0.25, 0.3) is 0 Å². The number of benzene rings is 3. The van der Waals surface area contributed by atoms with E-state index in [0.29, 0.717) is 13.2 Å². The van der Waals surface area contributed by atoms with Gasteiger partial charge in [-0.25, -0.2) is 0 Å². The van der Waals surface area contributed by atoms with Crippen LogP contribution in [0.5, 0.6) is 11.5 Å². The molecule has 0 unspecified atom stereocenters. The molecule has 1 aliphatic heterocycles. The van der Waals surface area contributed by atoms with Gasteiger partial charge in [0.1, 0.15) is 13.2 Å². The highest BCUT2D eigenvalue weighted by atomic mass is 16.6. The summed E-state index contributed by atoms with van der Waals surface area (Å²) in [5.41, 5.74) is 5.35. The van der Waals surface area contributed by atoms with E-state index in [2.05, 4.69) is 67.6 Å². The minimum Gasteiger partial charge on any atom is -0.486 e. The molecular formula is C24H19NO2. The molecule has 2 heterocycles. The Bertz CT molecular complexity index is 1120. The second kappa shape index (κ2) is 6.44. The van der Waals surface area contributed by atoms with Crippen molar-refractivity contribution in [3.63, 3.8) is 0 Å². The van der Waals surface area contributed by atoms with Crippen molar-refractivity contribution < 1.29 is 9.47 Å². The van der Waals surface area contributed by atoms with Crippen molar-refractivity contribution >= 4 is 10.8 Å². The summed E-state index contributed by atoms with van der Waals surface area (Å²) in [6, 6.07) is 24.9. The lowest BCUT2D eigenvalue weighted by Gasteiger charge is -2.21. The maximum Gasteiger partial charge on any atom is 0.162 e. The number of hydrogen-bond acceptors (Lipinski definition) is 3. The molecule has 0 saturated carbocycles. The van der Waals surface area contributed by atoms with Crippen LogP contribution in [0.25, 0.3) is 33.2 Å². The summed E-state index contributed by atoms with van der Waals surface area (Å²) >= 11 is 0. The molecular weight excluding hydrogens is 334 g/mol. The molecule has 0 radical (unpaired) electrons. The fourth-order valence-electron chi connectivity index (χ4n) is 3.71. The molecule has 1 aliphatic rings. The summed E-state index contributed by atoms with van der Waals surface area (Å²) in [6.07, 6.45) is 0. The predicted octanol–water partition coefficient (Wildman–Crippen LogP) is 5.65. The average Bonchev–Trinajstić information content (AvgIpc) is 2.74. The summed E-state index contributed by atoms with van der Waals surface area (Å²) in [4.78, 5) is 5.00. The van der Waals surface area contributed by atoms with Gasteiger partial charge < -0.3 is 9.47 Å². The number of rotatable bonds is 2. The van der Waals surface area contributed by atoms with E-state index in [-0.39, 0.29) is 0 Å². The maximum absolute atomic E-state index is 5.86. The summed E-state index contributed by atoms with van der Waals surface area (Å²) < 4.78 is 11.7. The van der Waals surface area contributed by atoms with Crippen LogP contribution < -0.4 is 9.47 Å². The number of pyridine rings is 1. The molecule has 0 saturated heterocycles. The number of ether oxygens (including phenoxy) is 2. The third-order valence-corrected chi connectivity index (χ3v) is 4.97. The largest absolute Gasteiger partial charge is 0.486 e. The molecule has 1 aromatic heterocycles. The van der Waals surface area contributed by atoms with Gasteiger partial charge in [-0.2, -0.15) is 0 Å². The monoisotopic (exact) mass is 353 g/mol. The molecule has 0 aliphatic carbocycles. The van der Waals surface area contributed by atoms with Gasteiger partial charge in [0, 0.05) is 22.2 Å². The highest BCUT2D eigenvalue weighted by Crippen LogP contribution is 2.43. The molecule has 3 nitrogen and oxygen atoms in total. The van der Waals surface area contributed by atoms with Crippen molar-refractivity contribution in [1.82, 2.24) is 4.98 Å². The quantitative estimate of drug-likeness (QED) is 0.467. The summed E-state index contributed by atoms with van der Waals surface area (Å²) in [6.45, 7) is 3.22. The van der Waals surface area contributed by atoms with Crippen LogP contribution >= 0.6 is 0 Å². The number of aromatic nitrogens is 1. The maximum atomic E-state index is 5.86. The fourth-order valence-corrected chi connectivity index (χ4v) is 3.71. The molecule has 3 heteroatoms. The second-order valence-electron chi connectivity index (χ2n) is 6.69. The van der Waals surface area contributed by atoms with Crippen LogP contribution in [0.3, 0.4) is 0 Å². The molecule has 0 N–H and O–H groups in total. The lowest BCUT2D eigenvalue weighted by atomic mass is 9.92. The second-order valence-corrected chi connectivity index (χ2v) is 6.69. The van der Waals surface area contributed by atoms with E-state index < -0.39 is 0 Å². The van der Waals surface area contributed by atoms with Gasteiger partial charge >= 0.3 is 0 Å². The Balaban J connectivity index is 1.89. The van der Waals surface area contributed by atoms with Crippen LogP contribution in [0.15, 0.2) is 72.8 Å². The number of hydrogen-bond donors (Lipinski definition) is 0. The van der Waals surface area contributed by atoms with Gasteiger partial charge in [0.05, 0.1) is 5.69 Å². The molecule has 0 amide bonds. The highest BCUT2D eigenvalue weighted by Gasteiger charge is 2.20. The van der Waals surface area contributed by atoms with Crippen LogP contribution in [0.2, 0.25) is 0 Å². The first-order chi connectivity index (χ1) is 13.3. The van der Waals surface area contributed by atoms with Gasteiger partial charge in [-0.3, -0.25) is 4.98 Å². The Morgan fingerprint density at radius 1 is 0.704 bits per heavy atom. The molecule has 132 valence electrons. The summed E-state index contributed by atoms with van der Waals surface area (Å²) in [7, 11) is 0. The number of fused-ring (bicyclic) bond motifs is 2. The van der Waals surface area contributed by atoms with Gasteiger partial charge in [0.2, 0.25) is 0 Å². The third-order valence-electron chi connectivity index (χ3n) is 4.97. The minimum atomic E-state index is 0.578. The zero-order valence-electron chi connectivity index (χ0n) is 15.1. The third kappa shape index (κ3) is 2.72. The van der Waals surface area contributed by atoms with Crippen molar-refractivity contribution in [1.29, 1.82) is 0 Å². The smallest absolute Gasteiger partial charge is 0.162 e. The van der Waals surface area contributed by atoms with E-state index in [4.69, 9.17) is 14.5 Å². The molecule has 0 atom stereocenters. The topological polar surface area (TPSA) is 31.4 Å². The zero-order valence-corrected chi connectivity index (χ0v) is 15.1. The lowest BCUT2D eigenvalue weighted by molar-refractivity contribution is 0.172. The first-order valence-corrected chi connectivity index (χ1v) is 9.16. The van der Waals surface area contributed by atoms with Crippen molar-refractivity contribution in [2.24, 2.45) is 0 Å². The van der Waals surface area contributed by atoms with E-state index in [1.807, 2.05) is 12.1 Å². The Labute approximate surface area is 158 Å². The molecule has 0 fully saturated rings. The number of nitrogens with zero attached hydrogens (tertiary/aromatic N) is 1. The van der Waals surface area contributed by atoms with E-state index in [1.54, 1.807) is 0 Å². The predicted molar refractivity (Wildman–Crippen MR) is 108 cm³/mol. The van der Waals surface area contributed by atoms with Crippen LogP contribution in [-0.2, 0) is 0 Å². The van der Waals surface area contributed by atoms with E-state index in [1.165, 1.54) is 0 Å². The molecule has 5 rings (SSSR count). The van der Waals surface area contributed by atoms with Crippen LogP contribution in [0.4, 0.5) is 0 Å². The lowest BCUT2D eigenvalue weighted by Crippen LogP contribution is -2.15. The fraction of sp³-hybridized carbons (Fsp3) is 0.125. The number of aryl methyl sites for hydroxylation is 1. The van der Waals surface area contributed by atoms with Gasteiger partial charge in [0.15, 0.2) is 11.5 Å². The average molecular weight is 353 g/mol. The highest BCUT2D eigenvalue weighted by molar-refractivity contribution is 6.05. The van der Waals surface area contributed by atoms with Gasteiger partial charge in [-0.1, -0.05) is 60.7 Å². The first-order valence-electron chi connectivity index (χ1n) is 9.16. The van der Waals surface area contributed by atoms with Crippen LogP contribution in [0.1, 0.15) is 5.69 Å². The Kier molecular flexibility index (Phi) is 3.79. The normalized spacial score (nSPS) is 12.9. The van der Waals surface area contributed by atoms with Crippen LogP contribution in [-0.4, -0.2) is 18.2 Å². The van der Waals surface area contributed by atoms with Gasteiger partial charge in [-0.15, -0.1) is 0 Å². The standard InChI is InChI=1S/C24H19NO2/c1-16-19-14-21-22(27-13-12-26-21)15-20(19)23(17-8-4-2-5-9-17)24(25-16)18-10-6-3-7-11-18/h2-11,14-15H,12-13H2,1H3. The molecule has 27 heavy (non-hydrogen) atoms. The molecule has 3 aromatic carbocycles. The van der Waals surface area contributed by atoms with E-state index >= 15 is 0 Å². The van der Waals surface area contributed by atoms with E-state index in [9.17, 15) is 0 Å².